The van der Waals surface area contributed by atoms with Crippen LogP contribution in [0.3, 0.4) is 0 Å². The van der Waals surface area contributed by atoms with Gasteiger partial charge in [-0.25, -0.2) is 4.79 Å². The van der Waals surface area contributed by atoms with Crippen LogP contribution >= 0.6 is 11.8 Å². The summed E-state index contributed by atoms with van der Waals surface area (Å²) >= 11 is 1.73. The van der Waals surface area contributed by atoms with Crippen molar-refractivity contribution in [3.63, 3.8) is 0 Å². The normalized spacial score (nSPS) is 16.6. The molecule has 1 aliphatic heterocycles. The molecule has 7 heteroatoms. The summed E-state index contributed by atoms with van der Waals surface area (Å²) in [6, 6.07) is 12.2. The summed E-state index contributed by atoms with van der Waals surface area (Å²) < 4.78 is 17.1. The minimum Gasteiger partial charge on any atom is -0.493 e. The second-order valence-corrected chi connectivity index (χ2v) is 10.8. The molecule has 37 heavy (non-hydrogen) atoms. The van der Waals surface area contributed by atoms with E-state index in [2.05, 4.69) is 34.9 Å². The molecule has 2 aliphatic rings. The number of hydrogen-bond acceptors (Lipinski definition) is 6. The lowest BCUT2D eigenvalue weighted by atomic mass is 9.90. The molecule has 1 aliphatic carbocycles. The molecular formula is C30H37NO5S. The number of carboxylic acids is 1. The van der Waals surface area contributed by atoms with Crippen LogP contribution in [-0.4, -0.2) is 62.0 Å². The van der Waals surface area contributed by atoms with Gasteiger partial charge in [-0.2, -0.15) is 0 Å². The zero-order valence-corrected chi connectivity index (χ0v) is 22.5. The first-order valence-electron chi connectivity index (χ1n) is 13.2. The lowest BCUT2D eigenvalue weighted by molar-refractivity contribution is -0.139. The largest absolute Gasteiger partial charge is 0.493 e. The number of aryl methyl sites for hydroxylation is 1. The number of morpholine rings is 1. The minimum atomic E-state index is -0.979. The average molecular weight is 524 g/mol. The second kappa shape index (κ2) is 14.3. The van der Waals surface area contributed by atoms with Crippen LogP contribution in [0.25, 0.3) is 0 Å². The highest BCUT2D eigenvalue weighted by atomic mass is 32.2. The first kappa shape index (κ1) is 27.4. The van der Waals surface area contributed by atoms with Gasteiger partial charge in [0.25, 0.3) is 0 Å². The molecule has 4 rings (SSSR count). The number of carbonyl (C=O) groups is 1. The van der Waals surface area contributed by atoms with E-state index in [1.807, 2.05) is 25.1 Å². The van der Waals surface area contributed by atoms with E-state index < -0.39 is 5.97 Å². The van der Waals surface area contributed by atoms with Crippen molar-refractivity contribution in [2.75, 3.05) is 46.1 Å². The molecule has 1 heterocycles. The maximum atomic E-state index is 10.8. The van der Waals surface area contributed by atoms with E-state index in [0.29, 0.717) is 11.7 Å². The van der Waals surface area contributed by atoms with E-state index in [0.717, 1.165) is 67.0 Å². The van der Waals surface area contributed by atoms with Gasteiger partial charge in [0.1, 0.15) is 11.5 Å². The molecule has 0 bridgehead atoms. The first-order valence-corrected chi connectivity index (χ1v) is 14.2. The molecule has 0 unspecified atom stereocenters. The van der Waals surface area contributed by atoms with Gasteiger partial charge in [0.15, 0.2) is 6.61 Å². The summed E-state index contributed by atoms with van der Waals surface area (Å²) in [5, 5.41) is 8.85. The summed E-state index contributed by atoms with van der Waals surface area (Å²) in [6.07, 6.45) is 6.48. The molecule has 0 amide bonds. The number of benzene rings is 2. The molecule has 6 nitrogen and oxygen atoms in total. The van der Waals surface area contributed by atoms with E-state index in [1.165, 1.54) is 37.7 Å². The van der Waals surface area contributed by atoms with Crippen LogP contribution in [0, 0.1) is 24.7 Å². The summed E-state index contributed by atoms with van der Waals surface area (Å²) in [6.45, 7) is 6.53. The number of hydrogen-bond donors (Lipinski definition) is 1. The molecule has 1 saturated heterocycles. The standard InChI is InChI=1S/C30H37NO5S/c1-23-16-28(9-10-29(23)36-21-30(32)33)37-22-26-17-25(8-5-11-31-12-14-34-15-13-31)18-27(19-26)35-20-24-6-3-2-4-7-24/h9-10,16-19,24H,2-4,6-7,11-15,20-22H2,1H3,(H,32,33). The Morgan fingerprint density at radius 1 is 1.11 bits per heavy atom. The number of rotatable bonds is 10. The third-order valence-corrected chi connectivity index (χ3v) is 7.78. The predicted octanol–water partition coefficient (Wildman–Crippen LogP) is 5.39. The quantitative estimate of drug-likeness (QED) is 0.331. The Bertz CT molecular complexity index is 1100. The van der Waals surface area contributed by atoms with Gasteiger partial charge >= 0.3 is 5.97 Å². The van der Waals surface area contributed by atoms with E-state index in [1.54, 1.807) is 11.8 Å². The maximum Gasteiger partial charge on any atom is 0.341 e. The summed E-state index contributed by atoms with van der Waals surface area (Å²) in [7, 11) is 0. The Labute approximate surface area is 224 Å². The molecule has 1 N–H and O–H groups in total. The first-order chi connectivity index (χ1) is 18.0. The Morgan fingerprint density at radius 3 is 2.68 bits per heavy atom. The fraction of sp³-hybridized carbons (Fsp3) is 0.500. The number of nitrogens with zero attached hydrogens (tertiary/aromatic N) is 1. The topological polar surface area (TPSA) is 68.2 Å². The zero-order chi connectivity index (χ0) is 25.9. The molecule has 1 saturated carbocycles. The fourth-order valence-corrected chi connectivity index (χ4v) is 5.58. The molecule has 0 atom stereocenters. The highest BCUT2D eigenvalue weighted by molar-refractivity contribution is 7.98. The highest BCUT2D eigenvalue weighted by Crippen LogP contribution is 2.30. The smallest absolute Gasteiger partial charge is 0.341 e. The van der Waals surface area contributed by atoms with E-state index >= 15 is 0 Å². The van der Waals surface area contributed by atoms with Crippen molar-refractivity contribution in [1.82, 2.24) is 4.90 Å². The van der Waals surface area contributed by atoms with Crippen molar-refractivity contribution in [3.8, 4) is 23.3 Å². The third kappa shape index (κ3) is 9.30. The molecule has 198 valence electrons. The second-order valence-electron chi connectivity index (χ2n) is 9.77. The van der Waals surface area contributed by atoms with Crippen molar-refractivity contribution in [2.45, 2.75) is 49.7 Å². The van der Waals surface area contributed by atoms with Gasteiger partial charge in [-0.3, -0.25) is 4.90 Å². The zero-order valence-electron chi connectivity index (χ0n) is 21.7. The van der Waals surface area contributed by atoms with Gasteiger partial charge < -0.3 is 19.3 Å². The number of thioether (sulfide) groups is 1. The molecule has 2 aromatic carbocycles. The van der Waals surface area contributed by atoms with Gasteiger partial charge in [0.05, 0.1) is 26.4 Å². The highest BCUT2D eigenvalue weighted by Gasteiger charge is 2.15. The number of carboxylic acid groups (broad SMARTS) is 1. The van der Waals surface area contributed by atoms with Crippen LogP contribution in [0.2, 0.25) is 0 Å². The van der Waals surface area contributed by atoms with Crippen LogP contribution < -0.4 is 9.47 Å². The monoisotopic (exact) mass is 523 g/mol. The lowest BCUT2D eigenvalue weighted by Crippen LogP contribution is -2.36. The van der Waals surface area contributed by atoms with E-state index in [4.69, 9.17) is 19.3 Å². The molecule has 0 aromatic heterocycles. The summed E-state index contributed by atoms with van der Waals surface area (Å²) in [5.41, 5.74) is 3.08. The van der Waals surface area contributed by atoms with E-state index in [-0.39, 0.29) is 6.61 Å². The summed E-state index contributed by atoms with van der Waals surface area (Å²) in [4.78, 5) is 14.2. The van der Waals surface area contributed by atoms with Gasteiger partial charge in [0.2, 0.25) is 0 Å². The van der Waals surface area contributed by atoms with Crippen LogP contribution in [0.15, 0.2) is 41.3 Å². The Morgan fingerprint density at radius 2 is 1.92 bits per heavy atom. The van der Waals surface area contributed by atoms with Crippen LogP contribution in [-0.2, 0) is 15.3 Å². The molecule has 2 aromatic rings. The average Bonchev–Trinajstić information content (AvgIpc) is 2.91. The van der Waals surface area contributed by atoms with Crippen molar-refractivity contribution < 1.29 is 24.1 Å². The lowest BCUT2D eigenvalue weighted by Gasteiger charge is -2.24. The van der Waals surface area contributed by atoms with Crippen molar-refractivity contribution in [1.29, 1.82) is 0 Å². The van der Waals surface area contributed by atoms with Gasteiger partial charge in [-0.05, 0) is 73.2 Å². The van der Waals surface area contributed by atoms with Crippen molar-refractivity contribution in [2.24, 2.45) is 5.92 Å². The number of aliphatic carboxylic acids is 1. The Kier molecular flexibility index (Phi) is 10.6. The van der Waals surface area contributed by atoms with Gasteiger partial charge in [0, 0.05) is 29.3 Å². The third-order valence-electron chi connectivity index (χ3n) is 6.72. The molecule has 0 spiro atoms. The fourth-order valence-electron chi connectivity index (χ4n) is 4.66. The van der Waals surface area contributed by atoms with Crippen molar-refractivity contribution in [3.05, 3.63) is 53.1 Å². The minimum absolute atomic E-state index is 0.337. The van der Waals surface area contributed by atoms with Gasteiger partial charge in [-0.1, -0.05) is 31.1 Å². The van der Waals surface area contributed by atoms with Crippen LogP contribution in [0.5, 0.6) is 11.5 Å². The SMILES string of the molecule is Cc1cc(SCc2cc(C#CCN3CCOCC3)cc(OCC3CCCCC3)c2)ccc1OCC(=O)O. The van der Waals surface area contributed by atoms with Crippen molar-refractivity contribution >= 4 is 17.7 Å². The van der Waals surface area contributed by atoms with Crippen LogP contribution in [0.4, 0.5) is 0 Å². The van der Waals surface area contributed by atoms with Gasteiger partial charge in [-0.15, -0.1) is 11.8 Å². The maximum absolute atomic E-state index is 10.8. The molecule has 0 radical (unpaired) electrons. The summed E-state index contributed by atoms with van der Waals surface area (Å²) in [5.74, 6) is 8.65. The Balaban J connectivity index is 1.42. The number of ether oxygens (including phenoxy) is 3. The Hall–Kier alpha value is -2.66. The predicted molar refractivity (Wildman–Crippen MR) is 147 cm³/mol. The van der Waals surface area contributed by atoms with Crippen LogP contribution in [0.1, 0.15) is 48.8 Å². The van der Waals surface area contributed by atoms with E-state index in [9.17, 15) is 4.79 Å². The molecule has 2 fully saturated rings. The molecular weight excluding hydrogens is 486 g/mol.